The van der Waals surface area contributed by atoms with Crippen molar-refractivity contribution in [1.29, 1.82) is 0 Å². The van der Waals surface area contributed by atoms with E-state index in [0.717, 1.165) is 6.20 Å². The van der Waals surface area contributed by atoms with E-state index >= 15 is 4.39 Å². The van der Waals surface area contributed by atoms with Crippen molar-refractivity contribution in [3.8, 4) is 11.5 Å². The van der Waals surface area contributed by atoms with Crippen molar-refractivity contribution >= 4 is 11.7 Å². The molecule has 5 aromatic rings. The lowest BCUT2D eigenvalue weighted by molar-refractivity contribution is -0.197. The second-order valence-corrected chi connectivity index (χ2v) is 11.2. The van der Waals surface area contributed by atoms with E-state index in [4.69, 9.17) is 20.3 Å². The molecule has 1 saturated heterocycles. The highest BCUT2D eigenvalue weighted by atomic mass is 19.2. The summed E-state index contributed by atoms with van der Waals surface area (Å²) < 4.78 is 48.4. The average Bonchev–Trinajstić information content (AvgIpc) is 3.32. The number of anilines is 1. The molecule has 0 saturated carbocycles. The molecule has 1 aliphatic heterocycles. The van der Waals surface area contributed by atoms with E-state index in [1.807, 2.05) is 30.3 Å². The normalized spacial score (nSPS) is 22.3. The first-order valence-electron chi connectivity index (χ1n) is 15.7. The summed E-state index contributed by atoms with van der Waals surface area (Å²) >= 11 is 0. The first-order chi connectivity index (χ1) is 24.0. The summed E-state index contributed by atoms with van der Waals surface area (Å²) in [6.07, 6.45) is -6.32. The van der Waals surface area contributed by atoms with Gasteiger partial charge < -0.3 is 34.5 Å². The summed E-state index contributed by atoms with van der Waals surface area (Å²) in [4.78, 5) is 29.4. The monoisotopic (exact) mass is 668 g/mol. The van der Waals surface area contributed by atoms with Gasteiger partial charge in [-0.15, -0.1) is 0 Å². The average molecular weight is 669 g/mol. The van der Waals surface area contributed by atoms with Gasteiger partial charge in [0.25, 0.3) is 11.8 Å². The number of carbonyl (C=O) groups is 1. The van der Waals surface area contributed by atoms with E-state index in [-0.39, 0.29) is 5.82 Å². The maximum absolute atomic E-state index is 16.1. The Balaban J connectivity index is 1.34. The Labute approximate surface area is 282 Å². The van der Waals surface area contributed by atoms with E-state index in [9.17, 15) is 19.8 Å². The zero-order chi connectivity index (χ0) is 35.5. The van der Waals surface area contributed by atoms with E-state index in [1.54, 1.807) is 78.9 Å². The third-order valence-electron chi connectivity index (χ3n) is 8.27. The molecule has 0 unspecified atom stereocenters. The van der Waals surface area contributed by atoms with Crippen molar-refractivity contribution < 1.29 is 39.7 Å². The summed E-state index contributed by atoms with van der Waals surface area (Å²) in [5, 5.41) is 24.6. The van der Waals surface area contributed by atoms with Crippen LogP contribution in [-0.2, 0) is 15.1 Å². The number of ether oxygens (including phenoxy) is 4. The maximum Gasteiger partial charge on any atom is 0.351 e. The smallest absolute Gasteiger partial charge is 0.351 e. The first kappa shape index (κ1) is 32.2. The number of alkyl halides is 1. The Kier molecular flexibility index (Phi) is 9.18. The molecule has 1 aliphatic rings. The number of rotatable bonds is 11. The van der Waals surface area contributed by atoms with Crippen molar-refractivity contribution in [3.63, 3.8) is 0 Å². The summed E-state index contributed by atoms with van der Waals surface area (Å²) in [6, 6.07) is 32.6. The molecular weight excluding hydrogens is 633 g/mol. The molecule has 2 heterocycles. The standard InChI is InChI=1S/C37H34FN3O8/c1-46-28-17-13-26(14-18-28)36(25-11-7-4-8-12-25,27-15-19-29(47-2)20-16-27)48-23-30-32(42)37(38,45)34(49-30)41-22-21-31(40-35(41)44)39-33(43)24-9-5-3-6-10-24/h3-22,30,32,34,42,45H,23H2,1-2H3,(H,39,40,43,44)/t30-,32-,34-,37-/m1/s1/i32D. The summed E-state index contributed by atoms with van der Waals surface area (Å²) in [5.74, 6) is -3.33. The van der Waals surface area contributed by atoms with Gasteiger partial charge in [0.1, 0.15) is 35.1 Å². The van der Waals surface area contributed by atoms with Crippen LogP contribution in [0.25, 0.3) is 0 Å². The molecule has 1 fully saturated rings. The van der Waals surface area contributed by atoms with Crippen LogP contribution >= 0.6 is 0 Å². The highest BCUT2D eigenvalue weighted by molar-refractivity contribution is 6.03. The Morgan fingerprint density at radius 3 is 1.98 bits per heavy atom. The van der Waals surface area contributed by atoms with Crippen molar-refractivity contribution in [2.24, 2.45) is 0 Å². The van der Waals surface area contributed by atoms with Crippen LogP contribution in [-0.4, -0.2) is 64.5 Å². The van der Waals surface area contributed by atoms with E-state index < -0.39 is 48.1 Å². The van der Waals surface area contributed by atoms with Crippen molar-refractivity contribution in [3.05, 3.63) is 154 Å². The molecule has 1 amide bonds. The third kappa shape index (κ3) is 6.54. The number of nitrogens with zero attached hydrogens (tertiary/aromatic N) is 2. The van der Waals surface area contributed by atoms with Crippen LogP contribution in [0.1, 0.15) is 34.6 Å². The van der Waals surface area contributed by atoms with Crippen molar-refractivity contribution in [1.82, 2.24) is 9.55 Å². The fraction of sp³-hybridized carbons (Fsp3) is 0.216. The zero-order valence-corrected chi connectivity index (χ0v) is 26.5. The van der Waals surface area contributed by atoms with Crippen LogP contribution < -0.4 is 20.5 Å². The number of halogens is 1. The topological polar surface area (TPSA) is 141 Å². The second kappa shape index (κ2) is 14.0. The lowest BCUT2D eigenvalue weighted by atomic mass is 9.80. The largest absolute Gasteiger partial charge is 0.497 e. The second-order valence-electron chi connectivity index (χ2n) is 11.2. The van der Waals surface area contributed by atoms with E-state index in [2.05, 4.69) is 10.3 Å². The molecule has 0 spiro atoms. The lowest BCUT2D eigenvalue weighted by Crippen LogP contribution is -2.46. The van der Waals surface area contributed by atoms with Crippen molar-refractivity contribution in [2.45, 2.75) is 29.9 Å². The van der Waals surface area contributed by atoms with Crippen LogP contribution in [0.4, 0.5) is 10.2 Å². The van der Waals surface area contributed by atoms with Gasteiger partial charge in [-0.1, -0.05) is 72.8 Å². The summed E-state index contributed by atoms with van der Waals surface area (Å²) in [7, 11) is 3.07. The minimum absolute atomic E-state index is 0.145. The number of amides is 1. The molecule has 0 bridgehead atoms. The molecule has 3 N–H and O–H groups in total. The molecule has 4 aromatic carbocycles. The first-order valence-corrected chi connectivity index (χ1v) is 15.2. The zero-order valence-electron chi connectivity index (χ0n) is 27.5. The molecule has 6 rings (SSSR count). The summed E-state index contributed by atoms with van der Waals surface area (Å²) in [6.45, 7) is -0.636. The Morgan fingerprint density at radius 1 is 0.918 bits per heavy atom. The lowest BCUT2D eigenvalue weighted by Gasteiger charge is -2.37. The van der Waals surface area contributed by atoms with Crippen LogP contribution in [0, 0.1) is 0 Å². The van der Waals surface area contributed by atoms with Gasteiger partial charge in [-0.2, -0.15) is 4.98 Å². The quantitative estimate of drug-likeness (QED) is 0.174. The van der Waals surface area contributed by atoms with Gasteiger partial charge in [-0.05, 0) is 59.2 Å². The number of carbonyl (C=O) groups excluding carboxylic acids is 1. The molecular formula is C37H34FN3O8. The maximum atomic E-state index is 16.1. The highest BCUT2D eigenvalue weighted by Crippen LogP contribution is 2.44. The summed E-state index contributed by atoms with van der Waals surface area (Å²) in [5.41, 5.74) is -0.368. The van der Waals surface area contributed by atoms with Crippen LogP contribution in [0.15, 0.2) is 126 Å². The number of aliphatic hydroxyl groups is 2. The Bertz CT molecular complexity index is 1940. The number of nitrogens with one attached hydrogen (secondary N) is 1. The number of hydrogen-bond acceptors (Lipinski definition) is 9. The van der Waals surface area contributed by atoms with Crippen LogP contribution in [0.2, 0.25) is 0 Å². The fourth-order valence-corrected chi connectivity index (χ4v) is 5.74. The van der Waals surface area contributed by atoms with Gasteiger partial charge in [-0.25, -0.2) is 9.18 Å². The van der Waals surface area contributed by atoms with Crippen LogP contribution in [0.3, 0.4) is 0 Å². The van der Waals surface area contributed by atoms with Gasteiger partial charge in [0.05, 0.1) is 22.2 Å². The predicted molar refractivity (Wildman–Crippen MR) is 177 cm³/mol. The fourth-order valence-electron chi connectivity index (χ4n) is 5.74. The van der Waals surface area contributed by atoms with E-state index in [0.29, 0.717) is 38.3 Å². The van der Waals surface area contributed by atoms with E-state index in [1.165, 1.54) is 20.3 Å². The molecule has 49 heavy (non-hydrogen) atoms. The number of benzene rings is 4. The minimum Gasteiger partial charge on any atom is -0.497 e. The molecule has 252 valence electrons. The third-order valence-corrected chi connectivity index (χ3v) is 8.27. The Hall–Kier alpha value is -5.40. The molecule has 0 aliphatic carbocycles. The molecule has 1 aromatic heterocycles. The molecule has 11 nitrogen and oxygen atoms in total. The highest BCUT2D eigenvalue weighted by Gasteiger charge is 2.58. The van der Waals surface area contributed by atoms with Gasteiger partial charge in [0, 0.05) is 11.8 Å². The van der Waals surface area contributed by atoms with Crippen LogP contribution in [0.5, 0.6) is 11.5 Å². The number of methoxy groups -OCH3 is 2. The van der Waals surface area contributed by atoms with Gasteiger partial charge >= 0.3 is 5.69 Å². The molecule has 0 radical (unpaired) electrons. The number of aromatic nitrogens is 2. The SMILES string of the molecule is [2H][C@@]1(O)[C@@H](COC(c2ccccc2)(c2ccc(OC)cc2)c2ccc(OC)cc2)O[C@@H](n2ccc(NC(=O)c3ccccc3)nc2=O)[C@@]1(O)F. The minimum atomic E-state index is -3.81. The van der Waals surface area contributed by atoms with Gasteiger partial charge in [0.15, 0.2) is 6.23 Å². The molecule has 4 atom stereocenters. The van der Waals surface area contributed by atoms with Gasteiger partial charge in [0.2, 0.25) is 0 Å². The van der Waals surface area contributed by atoms with Crippen molar-refractivity contribution in [2.75, 3.05) is 26.1 Å². The Morgan fingerprint density at radius 2 is 1.45 bits per heavy atom. The van der Waals surface area contributed by atoms with Gasteiger partial charge in [-0.3, -0.25) is 9.36 Å². The molecule has 12 heteroatoms. The number of hydrogen-bond donors (Lipinski definition) is 3. The predicted octanol–water partition coefficient (Wildman–Crippen LogP) is 4.44.